The van der Waals surface area contributed by atoms with Crippen LogP contribution in [0, 0.1) is 0 Å². The Labute approximate surface area is 335 Å². The summed E-state index contributed by atoms with van der Waals surface area (Å²) in [5.74, 6) is -1.71. The van der Waals surface area contributed by atoms with Crippen LogP contribution in [0.3, 0.4) is 0 Å². The second-order valence-electron chi connectivity index (χ2n) is 14.9. The molecule has 0 saturated heterocycles. The molecule has 0 atom stereocenters. The van der Waals surface area contributed by atoms with E-state index in [0.717, 1.165) is 6.07 Å². The lowest BCUT2D eigenvalue weighted by atomic mass is 9.79. The van der Waals surface area contributed by atoms with Crippen LogP contribution >= 0.6 is 0 Å². The summed E-state index contributed by atoms with van der Waals surface area (Å²) >= 11 is 0. The van der Waals surface area contributed by atoms with Gasteiger partial charge in [-0.05, 0) is 84.5 Å². The molecule has 2 heterocycles. The Morgan fingerprint density at radius 2 is 1.34 bits per heavy atom. The van der Waals surface area contributed by atoms with Crippen molar-refractivity contribution in [2.45, 2.75) is 59.6 Å². The second-order valence-corrected chi connectivity index (χ2v) is 20.8. The summed E-state index contributed by atoms with van der Waals surface area (Å²) < 4.78 is 137. The Morgan fingerprint density at radius 1 is 0.707 bits per heavy atom. The molecule has 16 nitrogen and oxygen atoms in total. The first-order chi connectivity index (χ1) is 26.6. The number of aliphatic carboxylic acids is 1. The molecule has 6 rings (SSSR count). The van der Waals surface area contributed by atoms with Crippen molar-refractivity contribution in [3.8, 4) is 0 Å². The van der Waals surface area contributed by atoms with Crippen molar-refractivity contribution in [1.29, 1.82) is 0 Å². The Hall–Kier alpha value is -4.80. The van der Waals surface area contributed by atoms with Crippen LogP contribution < -0.4 is 4.90 Å². The minimum Gasteiger partial charge on any atom is -0.477 e. The topological polar surface area (TPSA) is 261 Å². The number of fused-ring (bicyclic) bond motifs is 6. The number of rotatable bonds is 12. The van der Waals surface area contributed by atoms with Gasteiger partial charge in [-0.25, -0.2) is 4.79 Å². The number of nitrogens with zero attached hydrogens (tertiary/aromatic N) is 2. The third kappa shape index (κ3) is 7.97. The Bertz CT molecular complexity index is 3040. The van der Waals surface area contributed by atoms with Gasteiger partial charge < -0.3 is 10.0 Å². The van der Waals surface area contributed by atoms with Gasteiger partial charge in [0.15, 0.2) is 5.71 Å². The van der Waals surface area contributed by atoms with Gasteiger partial charge >= 0.3 is 5.97 Å². The van der Waals surface area contributed by atoms with Crippen LogP contribution in [0.25, 0.3) is 21.5 Å². The Kier molecular flexibility index (Phi) is 10.7. The highest BCUT2D eigenvalue weighted by Gasteiger charge is 2.46. The van der Waals surface area contributed by atoms with E-state index >= 15 is 0 Å². The van der Waals surface area contributed by atoms with Gasteiger partial charge in [0.2, 0.25) is 12.2 Å². The number of anilines is 1. The number of benzene rings is 4. The fourth-order valence-electron chi connectivity index (χ4n) is 8.03. The van der Waals surface area contributed by atoms with Crippen molar-refractivity contribution in [2.75, 3.05) is 23.7 Å². The minimum absolute atomic E-state index is 0.0299. The zero-order valence-corrected chi connectivity index (χ0v) is 34.6. The lowest BCUT2D eigenvalue weighted by molar-refractivity contribution is -0.427. The summed E-state index contributed by atoms with van der Waals surface area (Å²) in [6.45, 7) is 6.82. The van der Waals surface area contributed by atoms with E-state index in [2.05, 4.69) is 0 Å². The molecule has 0 spiro atoms. The number of hydrogen-bond acceptors (Lipinski definition) is 10. The van der Waals surface area contributed by atoms with E-state index in [1.807, 2.05) is 13.8 Å². The molecule has 2 aliphatic rings. The first kappa shape index (κ1) is 42.8. The van der Waals surface area contributed by atoms with Crippen molar-refractivity contribution in [1.82, 2.24) is 0 Å². The Balaban J connectivity index is 1.46. The predicted molar refractivity (Wildman–Crippen MR) is 216 cm³/mol. The maximum atomic E-state index is 12.4. The minimum atomic E-state index is -5.00. The van der Waals surface area contributed by atoms with Crippen LogP contribution in [-0.4, -0.2) is 92.1 Å². The van der Waals surface area contributed by atoms with Gasteiger partial charge in [-0.15, -0.1) is 0 Å². The van der Waals surface area contributed by atoms with Gasteiger partial charge in [0, 0.05) is 46.4 Å². The third-order valence-electron chi connectivity index (χ3n) is 10.4. The van der Waals surface area contributed by atoms with E-state index in [9.17, 15) is 61.8 Å². The molecule has 0 bridgehead atoms. The Morgan fingerprint density at radius 3 is 1.95 bits per heavy atom. The number of hydrogen-bond donors (Lipinski definition) is 5. The van der Waals surface area contributed by atoms with Crippen LogP contribution in [-0.2, 0) is 56.1 Å². The molecule has 58 heavy (non-hydrogen) atoms. The predicted octanol–water partition coefficient (Wildman–Crippen LogP) is 5.27. The van der Waals surface area contributed by atoms with Crippen molar-refractivity contribution < 1.29 is 66.4 Å². The summed E-state index contributed by atoms with van der Waals surface area (Å²) in [7, 11) is -18.9. The van der Waals surface area contributed by atoms with Crippen LogP contribution in [0.2, 0.25) is 0 Å². The molecule has 4 aromatic rings. The normalized spacial score (nSPS) is 17.7. The summed E-state index contributed by atoms with van der Waals surface area (Å²) in [5, 5.41) is 11.1. The number of carbonyl (C=O) groups is 1. The zero-order chi connectivity index (χ0) is 43.0. The van der Waals surface area contributed by atoms with Gasteiger partial charge in [0.1, 0.15) is 4.90 Å². The highest BCUT2D eigenvalue weighted by Crippen LogP contribution is 2.52. The number of carboxylic acid groups (broad SMARTS) is 1. The number of allylic oxidation sites excluding steroid dienone is 6. The standard InChI is InChI=1S/C38H38N2O14S4/c1-37(2)32(39(17-8-18-55(43,44)45)29-16-14-26-28(36(29)37)20-25(57(49,50)51)21-31(26)58(52,53)54)9-6-5-7-10-33-38(3,4)35-27-19-24(56(46,47)48)13-11-23(27)12-15-30(35)40(33)22-34(41)42/h5-7,9-16,19-21H,8,17-18,22H2,1-4H3,(H4-,41,42,43,44,45,46,47,48,49,50,51,52,53,54)/p+1. The summed E-state index contributed by atoms with van der Waals surface area (Å²) in [5.41, 5.74) is 1.19. The second kappa shape index (κ2) is 14.5. The SMILES string of the molecule is CC1(C)C(/C=C/C=C/C=C2/N(CCCS(=O)(=O)O)c3ccc4c(S(=O)(=O)O)cc(S(=O)(=O)O)cc4c3C2(C)C)=[N+](CC(=O)O)c2ccc3ccc(S(=O)(=O)O)cc3c21. The zero-order valence-electron chi connectivity index (χ0n) is 31.3. The average Bonchev–Trinajstić information content (AvgIpc) is 3.43. The lowest BCUT2D eigenvalue weighted by Crippen LogP contribution is -2.29. The monoisotopic (exact) mass is 875 g/mol. The molecule has 308 valence electrons. The average molecular weight is 876 g/mol. The lowest BCUT2D eigenvalue weighted by Gasteiger charge is -2.27. The maximum absolute atomic E-state index is 12.4. The molecular weight excluding hydrogens is 837 g/mol. The highest BCUT2D eigenvalue weighted by molar-refractivity contribution is 7.87. The van der Waals surface area contributed by atoms with E-state index < -0.39 is 79.4 Å². The van der Waals surface area contributed by atoms with Crippen LogP contribution in [0.5, 0.6) is 0 Å². The largest absolute Gasteiger partial charge is 0.477 e. The molecule has 0 fully saturated rings. The van der Waals surface area contributed by atoms with E-state index in [-0.39, 0.29) is 28.6 Å². The van der Waals surface area contributed by atoms with E-state index in [1.165, 1.54) is 24.3 Å². The number of carboxylic acids is 1. The fraction of sp³-hybridized carbons (Fsp3) is 0.263. The molecule has 0 aromatic heterocycles. The third-order valence-corrected chi connectivity index (χ3v) is 13.8. The summed E-state index contributed by atoms with van der Waals surface area (Å²) in [4.78, 5) is 12.0. The van der Waals surface area contributed by atoms with Gasteiger partial charge in [0.05, 0.1) is 21.0 Å². The van der Waals surface area contributed by atoms with Crippen molar-refractivity contribution in [3.05, 3.63) is 102 Å². The smallest absolute Gasteiger partial charge is 0.370 e. The molecule has 0 unspecified atom stereocenters. The maximum Gasteiger partial charge on any atom is 0.370 e. The molecule has 0 radical (unpaired) electrons. The van der Waals surface area contributed by atoms with Crippen molar-refractivity contribution in [3.63, 3.8) is 0 Å². The molecule has 0 saturated carbocycles. The van der Waals surface area contributed by atoms with Crippen LogP contribution in [0.4, 0.5) is 11.4 Å². The summed E-state index contributed by atoms with van der Waals surface area (Å²) in [6, 6.07) is 12.3. The summed E-state index contributed by atoms with van der Waals surface area (Å²) in [6.07, 6.45) is 8.30. The molecule has 0 amide bonds. The van der Waals surface area contributed by atoms with Gasteiger partial charge in [-0.1, -0.05) is 44.2 Å². The fourth-order valence-corrected chi connectivity index (χ4v) is 10.4. The quantitative estimate of drug-likeness (QED) is 0.0690. The van der Waals surface area contributed by atoms with E-state index in [4.69, 9.17) is 0 Å². The van der Waals surface area contributed by atoms with Crippen LogP contribution in [0.15, 0.2) is 105 Å². The van der Waals surface area contributed by atoms with Crippen molar-refractivity contribution in [2.24, 2.45) is 0 Å². The first-order valence-corrected chi connectivity index (χ1v) is 23.3. The van der Waals surface area contributed by atoms with Crippen molar-refractivity contribution >= 4 is 85.1 Å². The van der Waals surface area contributed by atoms with Gasteiger partial charge in [-0.2, -0.15) is 38.2 Å². The first-order valence-electron chi connectivity index (χ1n) is 17.4. The molecule has 5 N–H and O–H groups in total. The van der Waals surface area contributed by atoms with E-state index in [0.29, 0.717) is 50.7 Å². The van der Waals surface area contributed by atoms with Crippen LogP contribution in [0.1, 0.15) is 45.2 Å². The molecule has 20 heteroatoms. The molecule has 4 aromatic carbocycles. The van der Waals surface area contributed by atoms with Gasteiger partial charge in [-0.3, -0.25) is 18.2 Å². The van der Waals surface area contributed by atoms with E-state index in [1.54, 1.807) is 71.9 Å². The molecular formula is C38H39N2O14S4+. The molecule has 0 aliphatic carbocycles. The molecule has 2 aliphatic heterocycles. The van der Waals surface area contributed by atoms with Gasteiger partial charge in [0.25, 0.3) is 40.5 Å². The highest BCUT2D eigenvalue weighted by atomic mass is 32.2.